The lowest BCUT2D eigenvalue weighted by Crippen LogP contribution is -2.15. The Morgan fingerprint density at radius 3 is 2.38 bits per heavy atom. The fourth-order valence-corrected chi connectivity index (χ4v) is 2.80. The van der Waals surface area contributed by atoms with Gasteiger partial charge in [-0.3, -0.25) is 4.79 Å². The molecule has 0 spiro atoms. The molecule has 1 aromatic rings. The topological polar surface area (TPSA) is 51.2 Å². The summed E-state index contributed by atoms with van der Waals surface area (Å²) in [5.74, 6) is -0.826. The maximum atomic E-state index is 11.7. The number of hydrogen-bond donors (Lipinski definition) is 0. The molecular weight excluding hydrogens is 271 g/mol. The second kappa shape index (κ2) is 5.17. The number of benzene rings is 1. The van der Waals surface area contributed by atoms with Crippen molar-refractivity contribution in [3.8, 4) is 0 Å². The first-order valence-electron chi connectivity index (χ1n) is 4.56. The van der Waals surface area contributed by atoms with Crippen LogP contribution in [0.1, 0.15) is 13.3 Å². The number of hydrogen-bond acceptors (Lipinski definition) is 3. The van der Waals surface area contributed by atoms with Crippen LogP contribution in [0, 0.1) is 0 Å². The minimum Gasteiger partial charge on any atom is -0.299 e. The van der Waals surface area contributed by atoms with Gasteiger partial charge in [0, 0.05) is 6.42 Å². The molecular formula is C10H10Cl2O3S. The highest BCUT2D eigenvalue weighted by Crippen LogP contribution is 2.25. The third-order valence-electron chi connectivity index (χ3n) is 2.00. The van der Waals surface area contributed by atoms with Gasteiger partial charge in [-0.05, 0) is 18.2 Å². The van der Waals surface area contributed by atoms with Crippen LogP contribution in [0.5, 0.6) is 0 Å². The molecule has 0 fully saturated rings. The maximum Gasteiger partial charge on any atom is 0.185 e. The predicted molar refractivity (Wildman–Crippen MR) is 63.8 cm³/mol. The molecule has 0 aliphatic rings. The summed E-state index contributed by atoms with van der Waals surface area (Å²) < 4.78 is 23.5. The zero-order valence-electron chi connectivity index (χ0n) is 8.54. The Balaban J connectivity index is 3.08. The summed E-state index contributed by atoms with van der Waals surface area (Å²) in [7, 11) is -3.60. The monoisotopic (exact) mass is 280 g/mol. The molecule has 0 bridgehead atoms. The number of carbonyl (C=O) groups excluding carboxylic acids is 1. The van der Waals surface area contributed by atoms with Crippen molar-refractivity contribution in [3.05, 3.63) is 28.2 Å². The zero-order valence-corrected chi connectivity index (χ0v) is 10.9. The molecule has 0 N–H and O–H groups in total. The molecule has 0 aliphatic carbocycles. The fourth-order valence-electron chi connectivity index (χ4n) is 1.07. The first-order chi connectivity index (χ1) is 7.36. The van der Waals surface area contributed by atoms with Gasteiger partial charge in [0.15, 0.2) is 9.84 Å². The summed E-state index contributed by atoms with van der Waals surface area (Å²) in [6, 6.07) is 3.99. The summed E-state index contributed by atoms with van der Waals surface area (Å²) in [5, 5.41) is 0.439. The summed E-state index contributed by atoms with van der Waals surface area (Å²) >= 11 is 11.4. The molecule has 3 nitrogen and oxygen atoms in total. The zero-order chi connectivity index (χ0) is 12.3. The largest absolute Gasteiger partial charge is 0.299 e. The Morgan fingerprint density at radius 2 is 1.88 bits per heavy atom. The minimum absolute atomic E-state index is 0.0173. The lowest BCUT2D eigenvalue weighted by atomic mass is 10.3. The lowest BCUT2D eigenvalue weighted by Gasteiger charge is -2.04. The van der Waals surface area contributed by atoms with E-state index in [4.69, 9.17) is 23.2 Å². The normalized spacial score (nSPS) is 11.4. The van der Waals surface area contributed by atoms with E-state index in [1.807, 2.05) is 0 Å². The highest BCUT2D eigenvalue weighted by Gasteiger charge is 2.19. The summed E-state index contributed by atoms with van der Waals surface area (Å²) in [4.78, 5) is 11.1. The molecule has 0 saturated carbocycles. The first-order valence-corrected chi connectivity index (χ1v) is 6.97. The van der Waals surface area contributed by atoms with Crippen molar-refractivity contribution < 1.29 is 13.2 Å². The van der Waals surface area contributed by atoms with Crippen LogP contribution in [-0.4, -0.2) is 20.0 Å². The van der Waals surface area contributed by atoms with Gasteiger partial charge < -0.3 is 0 Å². The Bertz CT molecular complexity index is 509. The molecule has 1 rings (SSSR count). The van der Waals surface area contributed by atoms with Gasteiger partial charge in [-0.25, -0.2) is 8.42 Å². The van der Waals surface area contributed by atoms with Crippen LogP contribution in [0.3, 0.4) is 0 Å². The molecule has 0 aliphatic heterocycles. The van der Waals surface area contributed by atoms with E-state index in [1.165, 1.54) is 18.2 Å². The van der Waals surface area contributed by atoms with Crippen LogP contribution in [0.4, 0.5) is 0 Å². The van der Waals surface area contributed by atoms with Crippen LogP contribution < -0.4 is 0 Å². The van der Waals surface area contributed by atoms with Crippen molar-refractivity contribution in [1.29, 1.82) is 0 Å². The van der Waals surface area contributed by atoms with Crippen molar-refractivity contribution in [2.24, 2.45) is 0 Å². The van der Waals surface area contributed by atoms with Crippen LogP contribution in [0.2, 0.25) is 10.0 Å². The van der Waals surface area contributed by atoms with Gasteiger partial charge >= 0.3 is 0 Å². The van der Waals surface area contributed by atoms with E-state index in [1.54, 1.807) is 6.92 Å². The highest BCUT2D eigenvalue weighted by atomic mass is 35.5. The molecule has 0 radical (unpaired) electrons. The van der Waals surface area contributed by atoms with Crippen molar-refractivity contribution >= 4 is 38.8 Å². The molecule has 6 heteroatoms. The smallest absolute Gasteiger partial charge is 0.185 e. The number of carbonyl (C=O) groups is 1. The van der Waals surface area contributed by atoms with Gasteiger partial charge in [0.05, 0.1) is 14.9 Å². The van der Waals surface area contributed by atoms with E-state index < -0.39 is 15.6 Å². The minimum atomic E-state index is -3.60. The number of Topliss-reactive ketones (excluding diaryl/α,β-unsaturated/α-hetero) is 1. The number of sulfone groups is 1. The molecule has 88 valence electrons. The summed E-state index contributed by atoms with van der Waals surface area (Å²) in [5.41, 5.74) is 0. The second-order valence-electron chi connectivity index (χ2n) is 3.23. The molecule has 0 atom stereocenters. The third-order valence-corrected chi connectivity index (χ3v) is 4.41. The third kappa shape index (κ3) is 3.20. The van der Waals surface area contributed by atoms with Crippen LogP contribution in [0.15, 0.2) is 23.1 Å². The number of rotatable bonds is 4. The fraction of sp³-hybridized carbons (Fsp3) is 0.300. The molecule has 0 amide bonds. The van der Waals surface area contributed by atoms with Crippen molar-refractivity contribution in [2.75, 3.05) is 5.75 Å². The van der Waals surface area contributed by atoms with Crippen LogP contribution >= 0.6 is 23.2 Å². The highest BCUT2D eigenvalue weighted by molar-refractivity contribution is 7.92. The Hall–Kier alpha value is -0.580. The molecule has 0 aromatic heterocycles. The first kappa shape index (κ1) is 13.5. The standard InChI is InChI=1S/C10H10Cl2O3S/c1-2-7(13)6-16(14,15)8-3-4-9(11)10(12)5-8/h3-5H,2,6H2,1H3. The van der Waals surface area contributed by atoms with Crippen LogP contribution in [-0.2, 0) is 14.6 Å². The average molecular weight is 281 g/mol. The molecule has 1 aromatic carbocycles. The van der Waals surface area contributed by atoms with E-state index >= 15 is 0 Å². The van der Waals surface area contributed by atoms with E-state index in [9.17, 15) is 13.2 Å². The van der Waals surface area contributed by atoms with Gasteiger partial charge in [0.2, 0.25) is 0 Å². The summed E-state index contributed by atoms with van der Waals surface area (Å²) in [6.45, 7) is 1.62. The Labute approximate surface area is 104 Å². The van der Waals surface area contributed by atoms with Gasteiger partial charge in [-0.2, -0.15) is 0 Å². The molecule has 0 saturated heterocycles. The Kier molecular flexibility index (Phi) is 4.35. The quantitative estimate of drug-likeness (QED) is 0.852. The Morgan fingerprint density at radius 1 is 1.25 bits per heavy atom. The maximum absolute atomic E-state index is 11.7. The van der Waals surface area contributed by atoms with E-state index in [0.717, 1.165) is 0 Å². The average Bonchev–Trinajstić information content (AvgIpc) is 2.21. The predicted octanol–water partition coefficient (Wildman–Crippen LogP) is 2.75. The number of ketones is 1. The van der Waals surface area contributed by atoms with Gasteiger partial charge in [0.25, 0.3) is 0 Å². The van der Waals surface area contributed by atoms with Crippen LogP contribution in [0.25, 0.3) is 0 Å². The van der Waals surface area contributed by atoms with Crippen molar-refractivity contribution in [2.45, 2.75) is 18.2 Å². The SMILES string of the molecule is CCC(=O)CS(=O)(=O)c1ccc(Cl)c(Cl)c1. The van der Waals surface area contributed by atoms with Crippen molar-refractivity contribution in [1.82, 2.24) is 0 Å². The van der Waals surface area contributed by atoms with E-state index in [0.29, 0.717) is 0 Å². The van der Waals surface area contributed by atoms with Gasteiger partial charge in [0.1, 0.15) is 11.5 Å². The van der Waals surface area contributed by atoms with E-state index in [2.05, 4.69) is 0 Å². The van der Waals surface area contributed by atoms with E-state index in [-0.39, 0.29) is 27.1 Å². The molecule has 16 heavy (non-hydrogen) atoms. The van der Waals surface area contributed by atoms with Gasteiger partial charge in [-0.15, -0.1) is 0 Å². The molecule has 0 unspecified atom stereocenters. The van der Waals surface area contributed by atoms with Crippen molar-refractivity contribution in [3.63, 3.8) is 0 Å². The lowest BCUT2D eigenvalue weighted by molar-refractivity contribution is -0.116. The second-order valence-corrected chi connectivity index (χ2v) is 6.03. The summed E-state index contributed by atoms with van der Waals surface area (Å²) in [6.07, 6.45) is 0.195. The number of halogens is 2. The molecule has 0 heterocycles. The van der Waals surface area contributed by atoms with Gasteiger partial charge in [-0.1, -0.05) is 30.1 Å².